The van der Waals surface area contributed by atoms with Crippen molar-refractivity contribution in [2.45, 2.75) is 81.1 Å². The SMILES string of the molecule is C/C=C\C.C=C=C=C=C=C=C=C=C=C=C=C=C=C=C=C(C)CCC.CC1CC1C.C[C@@H]1C[C@@H]1C. The van der Waals surface area contributed by atoms with Gasteiger partial charge in [-0.15, -0.1) is 0 Å². The molecule has 0 bridgehead atoms. The molecule has 4 atom stereocenters. The van der Waals surface area contributed by atoms with E-state index < -0.39 is 0 Å². The molecule has 0 aromatic heterocycles. The minimum absolute atomic E-state index is 1.01. The highest BCUT2D eigenvalue weighted by molar-refractivity contribution is 4.98. The molecule has 0 nitrogen and oxygen atoms in total. The predicted molar refractivity (Wildman–Crippen MR) is 145 cm³/mol. The summed E-state index contributed by atoms with van der Waals surface area (Å²) in [6.45, 7) is 20.6. The van der Waals surface area contributed by atoms with Crippen molar-refractivity contribution >= 4 is 0 Å². The minimum Gasteiger partial charge on any atom is -0.0919 e. The third-order valence-electron chi connectivity index (χ3n) is 5.03. The molecular formula is C34H40. The van der Waals surface area contributed by atoms with E-state index in [1.54, 1.807) is 0 Å². The van der Waals surface area contributed by atoms with Crippen LogP contribution in [-0.2, 0) is 0 Å². The Hall–Kier alpha value is -3.60. The third kappa shape index (κ3) is 28.4. The van der Waals surface area contributed by atoms with Crippen LogP contribution in [0.5, 0.6) is 0 Å². The van der Waals surface area contributed by atoms with Crippen molar-refractivity contribution in [2.75, 3.05) is 0 Å². The zero-order chi connectivity index (χ0) is 26.0. The van der Waals surface area contributed by atoms with E-state index in [4.69, 9.17) is 0 Å². The lowest BCUT2D eigenvalue weighted by Gasteiger charge is -1.86. The summed E-state index contributed by atoms with van der Waals surface area (Å²) in [7, 11) is 0. The fraction of sp³-hybridized carbons (Fsp3) is 0.471. The molecule has 0 saturated heterocycles. The van der Waals surface area contributed by atoms with E-state index in [1.807, 2.05) is 32.9 Å². The van der Waals surface area contributed by atoms with Crippen LogP contribution in [0.15, 0.2) is 105 Å². The lowest BCUT2D eigenvalue weighted by molar-refractivity contribution is 0.834. The van der Waals surface area contributed by atoms with Crippen LogP contribution in [0.2, 0.25) is 0 Å². The predicted octanol–water partition coefficient (Wildman–Crippen LogP) is 9.44. The number of hydrogen-bond donors (Lipinski definition) is 0. The van der Waals surface area contributed by atoms with Gasteiger partial charge in [-0.1, -0.05) is 64.7 Å². The number of allylic oxidation sites excluding steroid dienone is 3. The molecule has 0 heteroatoms. The van der Waals surface area contributed by atoms with Gasteiger partial charge in [-0.3, -0.25) is 0 Å². The molecule has 34 heavy (non-hydrogen) atoms. The van der Waals surface area contributed by atoms with Gasteiger partial charge in [0.1, 0.15) is 0 Å². The van der Waals surface area contributed by atoms with Gasteiger partial charge >= 0.3 is 0 Å². The van der Waals surface area contributed by atoms with Gasteiger partial charge in [0.05, 0.1) is 0 Å². The topological polar surface area (TPSA) is 0 Å². The standard InChI is InChI=1S/C20H12.2C5H10.C4H8/c1-4-6-7-8-9-10-11-12-13-14-15-16-17-19-20(3)18-5-2;2*1-4-3-5(4)2;1-3-4-2/h1,5,18H2,2-3H3;2*4-5H,3H2,1-2H3;3-4H,1-2H3/b;;;4-3-/t;4-,5+;;. The summed E-state index contributed by atoms with van der Waals surface area (Å²) in [4.78, 5) is 0. The molecule has 0 spiro atoms. The summed E-state index contributed by atoms with van der Waals surface area (Å²) in [5.74, 6) is 4.20. The van der Waals surface area contributed by atoms with Crippen LogP contribution in [0.25, 0.3) is 0 Å². The molecule has 0 aliphatic heterocycles. The van der Waals surface area contributed by atoms with Gasteiger partial charge in [-0.05, 0) is 145 Å². The van der Waals surface area contributed by atoms with Crippen molar-refractivity contribution in [2.24, 2.45) is 23.7 Å². The van der Waals surface area contributed by atoms with Crippen LogP contribution < -0.4 is 0 Å². The quantitative estimate of drug-likeness (QED) is 0.291. The first-order valence-electron chi connectivity index (χ1n) is 12.0. The second-order valence-corrected chi connectivity index (χ2v) is 8.38. The maximum absolute atomic E-state index is 3.31. The van der Waals surface area contributed by atoms with Gasteiger partial charge in [0, 0.05) is 0 Å². The third-order valence-corrected chi connectivity index (χ3v) is 5.03. The van der Waals surface area contributed by atoms with E-state index >= 15 is 0 Å². The summed E-state index contributed by atoms with van der Waals surface area (Å²) in [6.07, 6.45) is 9.05. The van der Waals surface area contributed by atoms with E-state index in [1.165, 1.54) is 12.8 Å². The largest absolute Gasteiger partial charge is 0.0919 e. The van der Waals surface area contributed by atoms with Crippen LogP contribution in [-0.4, -0.2) is 0 Å². The van der Waals surface area contributed by atoms with Gasteiger partial charge in [0.2, 0.25) is 0 Å². The normalized spacial score (nSPS) is 18.7. The van der Waals surface area contributed by atoms with Crippen molar-refractivity contribution in [3.8, 4) is 0 Å². The Labute approximate surface area is 209 Å². The smallest absolute Gasteiger partial charge is 0.00000000000926 e. The second kappa shape index (κ2) is 24.1. The van der Waals surface area contributed by atoms with Crippen LogP contribution >= 0.6 is 0 Å². The monoisotopic (exact) mass is 448 g/mol. The van der Waals surface area contributed by atoms with Gasteiger partial charge in [0.25, 0.3) is 0 Å². The van der Waals surface area contributed by atoms with E-state index in [2.05, 4.69) is 121 Å². The molecule has 0 heterocycles. The maximum Gasteiger partial charge on any atom is -0.00000000000926 e. The highest BCUT2D eigenvalue weighted by Crippen LogP contribution is 2.36. The first-order chi connectivity index (χ1) is 16.3. The second-order valence-electron chi connectivity index (χ2n) is 8.38. The fourth-order valence-electron chi connectivity index (χ4n) is 1.95. The minimum atomic E-state index is 1.01. The van der Waals surface area contributed by atoms with Crippen molar-refractivity contribution in [3.63, 3.8) is 0 Å². The number of hydrogen-bond acceptors (Lipinski definition) is 0. The summed E-state index contributed by atoms with van der Waals surface area (Å²) in [6, 6.07) is 0. The highest BCUT2D eigenvalue weighted by atomic mass is 14.3. The molecule has 2 saturated carbocycles. The summed E-state index contributed by atoms with van der Waals surface area (Å²) >= 11 is 0. The van der Waals surface area contributed by atoms with Gasteiger partial charge in [0.15, 0.2) is 0 Å². The van der Waals surface area contributed by atoms with Crippen molar-refractivity contribution in [1.29, 1.82) is 0 Å². The maximum atomic E-state index is 3.31. The lowest BCUT2D eigenvalue weighted by Crippen LogP contribution is -1.68. The van der Waals surface area contributed by atoms with Gasteiger partial charge in [-0.2, -0.15) is 0 Å². The highest BCUT2D eigenvalue weighted by Gasteiger charge is 2.26. The molecular weight excluding hydrogens is 408 g/mol. The Morgan fingerprint density at radius 2 is 0.941 bits per heavy atom. The molecule has 2 aliphatic rings. The molecule has 0 radical (unpaired) electrons. The molecule has 176 valence electrons. The molecule has 0 aromatic carbocycles. The van der Waals surface area contributed by atoms with E-state index in [0.717, 1.165) is 42.1 Å². The summed E-state index contributed by atoms with van der Waals surface area (Å²) in [5, 5.41) is 0. The van der Waals surface area contributed by atoms with Crippen LogP contribution in [0.4, 0.5) is 0 Å². The zero-order valence-electron chi connectivity index (χ0n) is 22.5. The Balaban J connectivity index is 0. The average molecular weight is 449 g/mol. The molecule has 0 N–H and O–H groups in total. The molecule has 0 aromatic rings. The van der Waals surface area contributed by atoms with Crippen molar-refractivity contribution in [3.05, 3.63) is 105 Å². The van der Waals surface area contributed by atoms with Crippen LogP contribution in [0, 0.1) is 23.7 Å². The first kappa shape index (κ1) is 32.6. The van der Waals surface area contributed by atoms with E-state index in [0.29, 0.717) is 0 Å². The molecule has 0 amide bonds. The van der Waals surface area contributed by atoms with Crippen LogP contribution in [0.3, 0.4) is 0 Å². The van der Waals surface area contributed by atoms with E-state index in [9.17, 15) is 0 Å². The van der Waals surface area contributed by atoms with Crippen LogP contribution in [0.1, 0.15) is 81.1 Å². The fourth-order valence-corrected chi connectivity index (χ4v) is 1.95. The Morgan fingerprint density at radius 3 is 1.18 bits per heavy atom. The van der Waals surface area contributed by atoms with Crippen molar-refractivity contribution < 1.29 is 0 Å². The lowest BCUT2D eigenvalue weighted by atomic mass is 10.2. The molecule has 2 unspecified atom stereocenters. The molecule has 2 rings (SSSR count). The average Bonchev–Trinajstić information content (AvgIpc) is 3.69. The summed E-state index contributed by atoms with van der Waals surface area (Å²) in [5.41, 5.74) is 37.1. The number of rotatable bonds is 2. The van der Waals surface area contributed by atoms with E-state index in [-0.39, 0.29) is 0 Å². The summed E-state index contributed by atoms with van der Waals surface area (Å²) < 4.78 is 0. The van der Waals surface area contributed by atoms with Gasteiger partial charge in [-0.25, -0.2) is 0 Å². The molecule has 2 fully saturated rings. The Kier molecular flexibility index (Phi) is 23.0. The van der Waals surface area contributed by atoms with Gasteiger partial charge < -0.3 is 0 Å². The Morgan fingerprint density at radius 1 is 0.647 bits per heavy atom. The first-order valence-corrected chi connectivity index (χ1v) is 12.0. The zero-order valence-corrected chi connectivity index (χ0v) is 22.5. The molecule has 2 aliphatic carbocycles. The Bertz CT molecular complexity index is 1130. The van der Waals surface area contributed by atoms with Crippen molar-refractivity contribution in [1.82, 2.24) is 0 Å².